The van der Waals surface area contributed by atoms with Crippen molar-refractivity contribution in [3.63, 3.8) is 0 Å². The van der Waals surface area contributed by atoms with Gasteiger partial charge in [0.15, 0.2) is 0 Å². The average molecular weight is 320 g/mol. The van der Waals surface area contributed by atoms with Crippen LogP contribution in [0.25, 0.3) is 11.0 Å². The first-order valence-electron chi connectivity index (χ1n) is 8.26. The van der Waals surface area contributed by atoms with Crippen molar-refractivity contribution in [1.82, 2.24) is 14.5 Å². The summed E-state index contributed by atoms with van der Waals surface area (Å²) in [6.07, 6.45) is 1.05. The van der Waals surface area contributed by atoms with Gasteiger partial charge in [0.25, 0.3) is 0 Å². The Bertz CT molecular complexity index is 885. The lowest BCUT2D eigenvalue weighted by Crippen LogP contribution is -2.35. The van der Waals surface area contributed by atoms with Gasteiger partial charge in [-0.2, -0.15) is 0 Å². The summed E-state index contributed by atoms with van der Waals surface area (Å²) >= 11 is 0. The molecule has 1 aliphatic rings. The molecular formula is C19H20N4O. The number of amides is 1. The minimum absolute atomic E-state index is 0.410. The van der Waals surface area contributed by atoms with Crippen LogP contribution in [0.3, 0.4) is 0 Å². The van der Waals surface area contributed by atoms with Gasteiger partial charge in [0.2, 0.25) is 5.91 Å². The molecule has 0 fully saturated rings. The number of hydrogen-bond donors (Lipinski definition) is 1. The first-order chi connectivity index (χ1) is 11.7. The molecule has 2 aromatic carbocycles. The molecule has 0 atom stereocenters. The first kappa shape index (κ1) is 14.9. The van der Waals surface area contributed by atoms with E-state index in [1.54, 1.807) is 12.1 Å². The molecular weight excluding hydrogens is 300 g/mol. The summed E-state index contributed by atoms with van der Waals surface area (Å²) in [6, 6.07) is 16.1. The molecule has 2 N–H and O–H groups in total. The maximum absolute atomic E-state index is 11.3. The fraction of sp³-hybridized carbons (Fsp3) is 0.263. The van der Waals surface area contributed by atoms with Gasteiger partial charge in [-0.25, -0.2) is 4.98 Å². The summed E-state index contributed by atoms with van der Waals surface area (Å²) in [5.41, 5.74) is 9.17. The van der Waals surface area contributed by atoms with Gasteiger partial charge in [-0.1, -0.05) is 30.3 Å². The topological polar surface area (TPSA) is 64.2 Å². The van der Waals surface area contributed by atoms with Crippen LogP contribution < -0.4 is 5.73 Å². The molecule has 1 aromatic heterocycles. The number of benzene rings is 2. The molecule has 4 rings (SSSR count). The molecule has 1 amide bonds. The monoisotopic (exact) mass is 320 g/mol. The van der Waals surface area contributed by atoms with Crippen molar-refractivity contribution < 1.29 is 4.79 Å². The van der Waals surface area contributed by atoms with E-state index in [1.165, 1.54) is 5.56 Å². The smallest absolute Gasteiger partial charge is 0.248 e. The molecule has 0 aliphatic carbocycles. The number of aromatic nitrogens is 2. The second kappa shape index (κ2) is 6.09. The number of hydrogen-bond acceptors (Lipinski definition) is 3. The molecule has 0 bridgehead atoms. The Hall–Kier alpha value is -2.66. The van der Waals surface area contributed by atoms with Crippen LogP contribution in [-0.4, -0.2) is 33.4 Å². The van der Waals surface area contributed by atoms with Crippen molar-refractivity contribution in [2.45, 2.75) is 19.5 Å². The molecule has 5 nitrogen and oxygen atoms in total. The number of nitrogens with zero attached hydrogens (tertiary/aromatic N) is 3. The number of fused-ring (bicyclic) bond motifs is 3. The van der Waals surface area contributed by atoms with E-state index in [0.717, 1.165) is 49.5 Å². The molecule has 0 spiro atoms. The van der Waals surface area contributed by atoms with Crippen molar-refractivity contribution in [2.75, 3.05) is 13.1 Å². The Balaban J connectivity index is 1.52. The second-order valence-electron chi connectivity index (χ2n) is 6.26. The van der Waals surface area contributed by atoms with Crippen molar-refractivity contribution >= 4 is 16.9 Å². The number of imidazole rings is 1. The van der Waals surface area contributed by atoms with E-state index in [-0.39, 0.29) is 0 Å². The van der Waals surface area contributed by atoms with Gasteiger partial charge in [-0.3, -0.25) is 9.69 Å². The van der Waals surface area contributed by atoms with E-state index in [4.69, 9.17) is 10.7 Å². The highest BCUT2D eigenvalue weighted by molar-refractivity contribution is 5.96. The van der Waals surface area contributed by atoms with Gasteiger partial charge in [0.05, 0.1) is 17.6 Å². The van der Waals surface area contributed by atoms with E-state index >= 15 is 0 Å². The summed E-state index contributed by atoms with van der Waals surface area (Å²) in [5.74, 6) is 0.651. The quantitative estimate of drug-likeness (QED) is 0.801. The normalized spacial score (nSPS) is 14.7. The van der Waals surface area contributed by atoms with Gasteiger partial charge in [-0.15, -0.1) is 0 Å². The van der Waals surface area contributed by atoms with E-state index in [9.17, 15) is 4.79 Å². The van der Waals surface area contributed by atoms with Crippen LogP contribution in [0.5, 0.6) is 0 Å². The highest BCUT2D eigenvalue weighted by atomic mass is 16.1. The van der Waals surface area contributed by atoms with Crippen molar-refractivity contribution in [3.05, 3.63) is 65.5 Å². The Labute approximate surface area is 140 Å². The molecule has 2 heterocycles. The fourth-order valence-corrected chi connectivity index (χ4v) is 3.35. The highest BCUT2D eigenvalue weighted by Crippen LogP contribution is 2.22. The fourth-order valence-electron chi connectivity index (χ4n) is 3.35. The van der Waals surface area contributed by atoms with E-state index in [1.807, 2.05) is 12.1 Å². The van der Waals surface area contributed by atoms with E-state index in [2.05, 4.69) is 33.7 Å². The van der Waals surface area contributed by atoms with E-state index in [0.29, 0.717) is 5.56 Å². The van der Waals surface area contributed by atoms with Crippen LogP contribution in [0.15, 0.2) is 48.5 Å². The van der Waals surface area contributed by atoms with Crippen molar-refractivity contribution in [3.8, 4) is 0 Å². The first-order valence-corrected chi connectivity index (χ1v) is 8.26. The second-order valence-corrected chi connectivity index (χ2v) is 6.26. The SMILES string of the molecule is NC(=O)c1ccc2c(c1)nc1n2CCN(CCc2ccccc2)C1. The molecule has 24 heavy (non-hydrogen) atoms. The Morgan fingerprint density at radius 3 is 2.75 bits per heavy atom. The predicted molar refractivity (Wildman–Crippen MR) is 93.7 cm³/mol. The summed E-state index contributed by atoms with van der Waals surface area (Å²) in [4.78, 5) is 18.5. The van der Waals surface area contributed by atoms with Crippen molar-refractivity contribution in [2.24, 2.45) is 5.73 Å². The third-order valence-electron chi connectivity index (χ3n) is 4.68. The minimum Gasteiger partial charge on any atom is -0.366 e. The van der Waals surface area contributed by atoms with Gasteiger partial charge in [0.1, 0.15) is 5.82 Å². The maximum atomic E-state index is 11.3. The lowest BCUT2D eigenvalue weighted by Gasteiger charge is -2.27. The molecule has 0 radical (unpaired) electrons. The average Bonchev–Trinajstić information content (AvgIpc) is 2.97. The standard InChI is InChI=1S/C19H20N4O/c20-19(24)15-6-7-17-16(12-15)21-18-13-22(10-11-23(17)18)9-8-14-4-2-1-3-5-14/h1-7,12H,8-11,13H2,(H2,20,24). The zero-order valence-corrected chi connectivity index (χ0v) is 13.5. The van der Waals surface area contributed by atoms with Crippen LogP contribution in [0, 0.1) is 0 Å². The van der Waals surface area contributed by atoms with Crippen LogP contribution in [0.2, 0.25) is 0 Å². The van der Waals surface area contributed by atoms with Gasteiger partial charge in [0, 0.05) is 25.2 Å². The summed E-state index contributed by atoms with van der Waals surface area (Å²) in [6.45, 7) is 3.81. The summed E-state index contributed by atoms with van der Waals surface area (Å²) in [7, 11) is 0. The molecule has 0 unspecified atom stereocenters. The van der Waals surface area contributed by atoms with Crippen LogP contribution in [0.1, 0.15) is 21.7 Å². The molecule has 0 saturated heterocycles. The summed E-state index contributed by atoms with van der Waals surface area (Å²) < 4.78 is 2.25. The largest absolute Gasteiger partial charge is 0.366 e. The number of carbonyl (C=O) groups is 1. The summed E-state index contributed by atoms with van der Waals surface area (Å²) in [5, 5.41) is 0. The third kappa shape index (κ3) is 2.78. The van der Waals surface area contributed by atoms with Crippen LogP contribution in [0.4, 0.5) is 0 Å². The van der Waals surface area contributed by atoms with Gasteiger partial charge < -0.3 is 10.3 Å². The Kier molecular flexibility index (Phi) is 3.78. The molecule has 0 saturated carbocycles. The minimum atomic E-state index is -0.410. The number of carbonyl (C=O) groups excluding carboxylic acids is 1. The predicted octanol–water partition coefficient (Wildman–Crippen LogP) is 2.19. The maximum Gasteiger partial charge on any atom is 0.248 e. The number of nitrogens with two attached hydrogens (primary N) is 1. The molecule has 5 heteroatoms. The number of rotatable bonds is 4. The molecule has 1 aliphatic heterocycles. The number of primary amides is 1. The lowest BCUT2D eigenvalue weighted by atomic mass is 10.1. The third-order valence-corrected chi connectivity index (χ3v) is 4.68. The lowest BCUT2D eigenvalue weighted by molar-refractivity contribution is 0.100. The van der Waals surface area contributed by atoms with Gasteiger partial charge in [-0.05, 0) is 30.2 Å². The van der Waals surface area contributed by atoms with Gasteiger partial charge >= 0.3 is 0 Å². The van der Waals surface area contributed by atoms with Crippen LogP contribution >= 0.6 is 0 Å². The van der Waals surface area contributed by atoms with E-state index < -0.39 is 5.91 Å². The zero-order chi connectivity index (χ0) is 16.5. The molecule has 122 valence electrons. The Morgan fingerprint density at radius 1 is 1.12 bits per heavy atom. The highest BCUT2D eigenvalue weighted by Gasteiger charge is 2.20. The zero-order valence-electron chi connectivity index (χ0n) is 13.5. The molecule has 3 aromatic rings. The Morgan fingerprint density at radius 2 is 1.96 bits per heavy atom. The van der Waals surface area contributed by atoms with Crippen LogP contribution in [-0.2, 0) is 19.5 Å². The van der Waals surface area contributed by atoms with Crippen molar-refractivity contribution in [1.29, 1.82) is 0 Å².